The van der Waals surface area contributed by atoms with Gasteiger partial charge in [0.05, 0.1) is 23.8 Å². The van der Waals surface area contributed by atoms with Gasteiger partial charge in [-0.15, -0.1) is 0 Å². The number of likely N-dealkylation sites (N-methyl/N-ethyl adjacent to an activating group) is 1. The fourth-order valence-corrected chi connectivity index (χ4v) is 6.12. The van der Waals surface area contributed by atoms with Crippen LogP contribution >= 0.6 is 0 Å². The first-order chi connectivity index (χ1) is 20.3. The Hall–Kier alpha value is -3.74. The van der Waals surface area contributed by atoms with Crippen molar-refractivity contribution >= 4 is 29.5 Å². The molecule has 1 aromatic carbocycles. The molecule has 0 bridgehead atoms. The number of aliphatic hydroxyl groups is 9. The molecule has 0 aliphatic heterocycles. The number of phenolic OH excluding ortho intramolecular Hbond substituents is 1. The highest BCUT2D eigenvalue weighted by Gasteiger charge is 2.66. The highest BCUT2D eigenvalue weighted by atomic mass is 16.4. The molecule has 0 saturated heterocycles. The molecule has 4 rings (SSSR count). The SMILES string of the molecule is CN(C)[C@@H]1C(=O)C(C(N)=O)=C(O)[C@@]2(O)C(=O)C3=C(O)c4c(O)cccc4[C@@](C)(O)[C@H]3C[C@@H]12.O=C[C@H](O)[C@@H](O)[C@H](O)[C@H](O)CO. The molecule has 0 spiro atoms. The summed E-state index contributed by atoms with van der Waals surface area (Å²) in [6.07, 6.45) is -7.04. The van der Waals surface area contributed by atoms with Gasteiger partial charge < -0.3 is 61.6 Å². The summed E-state index contributed by atoms with van der Waals surface area (Å²) in [5.74, 6) is -7.90. The number of nitrogens with two attached hydrogens (primary N) is 1. The first kappa shape index (κ1) is 34.7. The minimum Gasteiger partial charge on any atom is -0.508 e. The molecule has 16 heteroatoms. The average Bonchev–Trinajstić information content (AvgIpc) is 2.95. The van der Waals surface area contributed by atoms with Crippen molar-refractivity contribution in [3.05, 3.63) is 46.2 Å². The lowest BCUT2D eigenvalue weighted by Crippen LogP contribution is -2.67. The smallest absolute Gasteiger partial charge is 0.255 e. The van der Waals surface area contributed by atoms with Crippen molar-refractivity contribution in [3.8, 4) is 5.75 Å². The van der Waals surface area contributed by atoms with Gasteiger partial charge in [-0.25, -0.2) is 0 Å². The number of hydrogen-bond donors (Lipinski definition) is 11. The summed E-state index contributed by atoms with van der Waals surface area (Å²) in [5, 5.41) is 98.4. The Labute approximate surface area is 250 Å². The summed E-state index contributed by atoms with van der Waals surface area (Å²) >= 11 is 0. The molecule has 16 nitrogen and oxygen atoms in total. The van der Waals surface area contributed by atoms with E-state index in [2.05, 4.69) is 0 Å². The van der Waals surface area contributed by atoms with Crippen LogP contribution in [0.15, 0.2) is 35.1 Å². The second kappa shape index (κ2) is 12.3. The van der Waals surface area contributed by atoms with E-state index in [1.165, 1.54) is 44.1 Å². The van der Waals surface area contributed by atoms with Crippen molar-refractivity contribution in [2.45, 2.75) is 55.0 Å². The molecule has 9 atom stereocenters. The van der Waals surface area contributed by atoms with E-state index in [1.807, 2.05) is 0 Å². The van der Waals surface area contributed by atoms with Crippen LogP contribution in [0, 0.1) is 11.8 Å². The number of Topliss-reactive ketones (excluding diaryl/α,β-unsaturated/α-hetero) is 2. The number of carbonyl (C=O) groups excluding carboxylic acids is 4. The van der Waals surface area contributed by atoms with Crippen LogP contribution < -0.4 is 5.73 Å². The number of rotatable bonds is 7. The number of primary amides is 1. The molecule has 3 aliphatic carbocycles. The molecule has 0 aromatic heterocycles. The number of hydrogen-bond acceptors (Lipinski definition) is 15. The number of phenols is 1. The second-order valence-corrected chi connectivity index (χ2v) is 11.3. The van der Waals surface area contributed by atoms with Gasteiger partial charge in [-0.3, -0.25) is 19.3 Å². The number of aldehydes is 1. The van der Waals surface area contributed by atoms with Crippen molar-refractivity contribution in [3.63, 3.8) is 0 Å². The van der Waals surface area contributed by atoms with Crippen molar-refractivity contribution < 1.29 is 70.2 Å². The zero-order valence-corrected chi connectivity index (χ0v) is 23.9. The van der Waals surface area contributed by atoms with Gasteiger partial charge >= 0.3 is 0 Å². The zero-order valence-electron chi connectivity index (χ0n) is 23.9. The quantitative estimate of drug-likeness (QED) is 0.103. The number of benzene rings is 1. The zero-order chi connectivity index (χ0) is 33.6. The summed E-state index contributed by atoms with van der Waals surface area (Å²) < 4.78 is 0. The molecule has 242 valence electrons. The van der Waals surface area contributed by atoms with Crippen LogP contribution in [-0.4, -0.2) is 136 Å². The third-order valence-corrected chi connectivity index (χ3v) is 8.44. The maximum Gasteiger partial charge on any atom is 0.255 e. The van der Waals surface area contributed by atoms with E-state index in [9.17, 15) is 44.7 Å². The number of carbonyl (C=O) groups is 4. The number of aliphatic hydroxyl groups excluding tert-OH is 7. The van der Waals surface area contributed by atoms with E-state index in [0.717, 1.165) is 0 Å². The number of aromatic hydroxyl groups is 1. The minimum atomic E-state index is -2.75. The van der Waals surface area contributed by atoms with Gasteiger partial charge in [0.15, 0.2) is 17.7 Å². The van der Waals surface area contributed by atoms with E-state index in [-0.39, 0.29) is 23.8 Å². The highest BCUT2D eigenvalue weighted by Crippen LogP contribution is 2.57. The third-order valence-electron chi connectivity index (χ3n) is 8.44. The molecule has 44 heavy (non-hydrogen) atoms. The first-order valence-corrected chi connectivity index (χ1v) is 13.3. The van der Waals surface area contributed by atoms with Gasteiger partial charge in [-0.05, 0) is 39.1 Å². The monoisotopic (exact) mass is 624 g/mol. The summed E-state index contributed by atoms with van der Waals surface area (Å²) in [4.78, 5) is 49.9. The topological polar surface area (TPSA) is 300 Å². The number of fused-ring (bicyclic) bond motifs is 3. The average molecular weight is 625 g/mol. The minimum absolute atomic E-state index is 0.0258. The second-order valence-electron chi connectivity index (χ2n) is 11.3. The normalized spacial score (nSPS) is 30.8. The fourth-order valence-electron chi connectivity index (χ4n) is 6.12. The number of nitrogens with zero attached hydrogens (tertiary/aromatic N) is 1. The molecule has 1 aromatic rings. The van der Waals surface area contributed by atoms with Crippen LogP contribution in [0.3, 0.4) is 0 Å². The van der Waals surface area contributed by atoms with Crippen LogP contribution in [-0.2, 0) is 24.8 Å². The largest absolute Gasteiger partial charge is 0.508 e. The Morgan fingerprint density at radius 2 is 1.68 bits per heavy atom. The molecule has 3 aliphatic rings. The molecule has 1 fully saturated rings. The van der Waals surface area contributed by atoms with Gasteiger partial charge in [0.2, 0.25) is 5.78 Å². The van der Waals surface area contributed by atoms with E-state index >= 15 is 0 Å². The van der Waals surface area contributed by atoms with Crippen molar-refractivity contribution in [1.29, 1.82) is 0 Å². The van der Waals surface area contributed by atoms with E-state index in [0.29, 0.717) is 0 Å². The molecular formula is C28H36N2O14. The number of ketones is 2. The van der Waals surface area contributed by atoms with Crippen molar-refractivity contribution in [2.24, 2.45) is 17.6 Å². The van der Waals surface area contributed by atoms with Gasteiger partial charge in [0, 0.05) is 17.4 Å². The Morgan fingerprint density at radius 1 is 1.09 bits per heavy atom. The maximum atomic E-state index is 13.7. The predicted octanol–water partition coefficient (Wildman–Crippen LogP) is -3.75. The molecular weight excluding hydrogens is 588 g/mol. The van der Waals surface area contributed by atoms with Crippen LogP contribution in [0.1, 0.15) is 24.5 Å². The van der Waals surface area contributed by atoms with Gasteiger partial charge in [0.25, 0.3) is 5.91 Å². The summed E-state index contributed by atoms with van der Waals surface area (Å²) in [7, 11) is 3.01. The predicted molar refractivity (Wildman–Crippen MR) is 147 cm³/mol. The highest BCUT2D eigenvalue weighted by molar-refractivity contribution is 6.24. The molecule has 12 N–H and O–H groups in total. The standard InChI is InChI=1S/C22H24N2O8.C6H12O6/c1-21(31)8-5-4-6-11(25)12(8)16(26)13-9(21)7-10-15(24(2)3)17(27)14(20(23)30)19(29)22(10,32)18(13)28;7-1-3(9)5(11)6(12)4(10)2-8/h4-6,9-10,15,25-26,29,31-32H,7H2,1-3H3,(H2,23,30);1,3-6,8-12H,2H2/t9-,10-,15-,21+,22-;3-,4+,5+,6+/m00/s1. The van der Waals surface area contributed by atoms with Gasteiger partial charge in [-0.2, -0.15) is 0 Å². The van der Waals surface area contributed by atoms with Gasteiger partial charge in [-0.1, -0.05) is 12.1 Å². The molecule has 1 saturated carbocycles. The van der Waals surface area contributed by atoms with Crippen LogP contribution in [0.4, 0.5) is 0 Å². The summed E-state index contributed by atoms with van der Waals surface area (Å²) in [5.41, 5.74) is -0.548. The molecule has 0 heterocycles. The third kappa shape index (κ3) is 5.28. The van der Waals surface area contributed by atoms with Crippen molar-refractivity contribution in [1.82, 2.24) is 4.90 Å². The van der Waals surface area contributed by atoms with Crippen LogP contribution in [0.25, 0.3) is 5.76 Å². The Balaban J connectivity index is 0.000000375. The summed E-state index contributed by atoms with van der Waals surface area (Å²) in [6, 6.07) is 3.02. The molecule has 1 amide bonds. The number of amides is 1. The first-order valence-electron chi connectivity index (χ1n) is 13.3. The lowest BCUT2D eigenvalue weighted by atomic mass is 9.54. The van der Waals surface area contributed by atoms with Gasteiger partial charge in [0.1, 0.15) is 47.3 Å². The fraction of sp³-hybridized carbons (Fsp3) is 0.500. The Bertz CT molecular complexity index is 1420. The van der Waals surface area contributed by atoms with E-state index in [1.54, 1.807) is 0 Å². The van der Waals surface area contributed by atoms with E-state index in [4.69, 9.17) is 31.3 Å². The Kier molecular flexibility index (Phi) is 9.74. The van der Waals surface area contributed by atoms with E-state index < -0.39 is 106 Å². The molecule has 0 radical (unpaired) electrons. The lowest BCUT2D eigenvalue weighted by Gasteiger charge is -2.53. The molecule has 0 unspecified atom stereocenters. The van der Waals surface area contributed by atoms with Crippen LogP contribution in [0.2, 0.25) is 0 Å². The summed E-state index contributed by atoms with van der Waals surface area (Å²) in [6.45, 7) is 0.643. The Morgan fingerprint density at radius 3 is 2.18 bits per heavy atom. The van der Waals surface area contributed by atoms with Crippen molar-refractivity contribution in [2.75, 3.05) is 20.7 Å². The maximum absolute atomic E-state index is 13.7. The van der Waals surface area contributed by atoms with Crippen LogP contribution in [0.5, 0.6) is 5.75 Å². The lowest BCUT2D eigenvalue weighted by molar-refractivity contribution is -0.159.